The molecule has 1 aromatic rings. The van der Waals surface area contributed by atoms with Gasteiger partial charge in [0.25, 0.3) is 0 Å². The Morgan fingerprint density at radius 1 is 1.26 bits per heavy atom. The summed E-state index contributed by atoms with van der Waals surface area (Å²) in [5, 5.41) is 10.0. The van der Waals surface area contributed by atoms with Crippen molar-refractivity contribution in [3.05, 3.63) is 48.6 Å². The monoisotopic (exact) mass is 278 g/mol. The number of ether oxygens (including phenoxy) is 1. The third-order valence-corrected chi connectivity index (χ3v) is 6.04. The average molecular weight is 278 g/mol. The van der Waals surface area contributed by atoms with E-state index in [1.54, 1.807) is 0 Å². The summed E-state index contributed by atoms with van der Waals surface area (Å²) in [7, 11) is -1.29. The van der Waals surface area contributed by atoms with E-state index < -0.39 is 14.2 Å². The van der Waals surface area contributed by atoms with Crippen LogP contribution in [0.25, 0.3) is 0 Å². The lowest BCUT2D eigenvalue weighted by Gasteiger charge is -2.27. The Kier molecular flexibility index (Phi) is 6.49. The lowest BCUT2D eigenvalue weighted by Crippen LogP contribution is -2.31. The van der Waals surface area contributed by atoms with Gasteiger partial charge in [0, 0.05) is 0 Å². The van der Waals surface area contributed by atoms with E-state index in [1.807, 2.05) is 36.4 Å². The first kappa shape index (κ1) is 16.2. The number of allylic oxidation sites excluding steroid dienone is 1. The molecule has 0 bridgehead atoms. The van der Waals surface area contributed by atoms with Gasteiger partial charge in [-0.3, -0.25) is 0 Å². The van der Waals surface area contributed by atoms with Crippen LogP contribution in [0.3, 0.4) is 0 Å². The van der Waals surface area contributed by atoms with E-state index in [4.69, 9.17) is 4.74 Å². The van der Waals surface area contributed by atoms with Gasteiger partial charge in [-0.1, -0.05) is 56.0 Å². The highest BCUT2D eigenvalue weighted by atomic mass is 28.3. The highest BCUT2D eigenvalue weighted by molar-refractivity contribution is 6.78. The van der Waals surface area contributed by atoms with Crippen molar-refractivity contribution in [2.45, 2.75) is 44.3 Å². The van der Waals surface area contributed by atoms with E-state index in [0.29, 0.717) is 18.8 Å². The van der Waals surface area contributed by atoms with Crippen LogP contribution in [0.15, 0.2) is 43.0 Å². The predicted octanol–water partition coefficient (Wildman–Crippen LogP) is 3.85. The van der Waals surface area contributed by atoms with Gasteiger partial charge in [-0.05, 0) is 17.5 Å². The van der Waals surface area contributed by atoms with Crippen molar-refractivity contribution >= 4 is 8.07 Å². The molecule has 1 N–H and O–H groups in total. The molecule has 0 aliphatic heterocycles. The Hall–Kier alpha value is -0.903. The smallest absolute Gasteiger partial charge is 0.0776 e. The predicted molar refractivity (Wildman–Crippen MR) is 84.0 cm³/mol. The van der Waals surface area contributed by atoms with Gasteiger partial charge in [-0.15, -0.1) is 6.58 Å². The summed E-state index contributed by atoms with van der Waals surface area (Å²) >= 11 is 0. The Balaban J connectivity index is 2.31. The summed E-state index contributed by atoms with van der Waals surface area (Å²) in [4.78, 5) is 0. The van der Waals surface area contributed by atoms with Crippen molar-refractivity contribution < 1.29 is 9.84 Å². The van der Waals surface area contributed by atoms with Crippen LogP contribution >= 0.6 is 0 Å². The zero-order valence-corrected chi connectivity index (χ0v) is 13.3. The molecule has 3 heteroatoms. The first-order valence-electron chi connectivity index (χ1n) is 6.85. The Bertz CT molecular complexity index is 370. The molecule has 2 atom stereocenters. The van der Waals surface area contributed by atoms with Gasteiger partial charge in [0.05, 0.1) is 27.4 Å². The van der Waals surface area contributed by atoms with Crippen LogP contribution in [-0.4, -0.2) is 25.9 Å². The van der Waals surface area contributed by atoms with Gasteiger partial charge >= 0.3 is 0 Å². The second-order valence-corrected chi connectivity index (χ2v) is 11.6. The molecule has 0 radical (unpaired) electrons. The highest BCUT2D eigenvalue weighted by Gasteiger charge is 2.26. The van der Waals surface area contributed by atoms with Crippen LogP contribution in [-0.2, 0) is 11.3 Å². The number of rotatable bonds is 8. The molecule has 0 saturated heterocycles. The molecule has 0 aliphatic carbocycles. The van der Waals surface area contributed by atoms with Crippen molar-refractivity contribution in [3.63, 3.8) is 0 Å². The molecular weight excluding hydrogens is 252 g/mol. The van der Waals surface area contributed by atoms with Crippen LogP contribution in [0.4, 0.5) is 0 Å². The third-order valence-electron chi connectivity index (χ3n) is 3.34. The minimum atomic E-state index is -1.29. The summed E-state index contributed by atoms with van der Waals surface area (Å²) in [6, 6.07) is 10.0. The average Bonchev–Trinajstić information content (AvgIpc) is 2.36. The maximum Gasteiger partial charge on any atom is 0.0776 e. The zero-order chi connectivity index (χ0) is 14.3. The lowest BCUT2D eigenvalue weighted by molar-refractivity contribution is 0.0249. The summed E-state index contributed by atoms with van der Waals surface area (Å²) < 4.78 is 5.57. The molecule has 19 heavy (non-hydrogen) atoms. The maximum atomic E-state index is 10.0. The van der Waals surface area contributed by atoms with Crippen molar-refractivity contribution in [2.24, 2.45) is 0 Å². The van der Waals surface area contributed by atoms with Crippen LogP contribution in [0.1, 0.15) is 12.0 Å². The van der Waals surface area contributed by atoms with E-state index in [1.165, 1.54) is 0 Å². The summed E-state index contributed by atoms with van der Waals surface area (Å²) in [6.45, 7) is 11.8. The number of aliphatic hydroxyl groups is 1. The van der Waals surface area contributed by atoms with E-state index in [-0.39, 0.29) is 0 Å². The maximum absolute atomic E-state index is 10.0. The van der Waals surface area contributed by atoms with Crippen LogP contribution < -0.4 is 0 Å². The fraction of sp³-hybridized carbons (Fsp3) is 0.500. The normalized spacial score (nSPS) is 14.9. The molecule has 0 aromatic heterocycles. The minimum absolute atomic E-state index is 0.393. The van der Waals surface area contributed by atoms with Crippen molar-refractivity contribution in [1.82, 2.24) is 0 Å². The van der Waals surface area contributed by atoms with Crippen LogP contribution in [0, 0.1) is 0 Å². The lowest BCUT2D eigenvalue weighted by atomic mass is 10.2. The highest BCUT2D eigenvalue weighted by Crippen LogP contribution is 2.27. The van der Waals surface area contributed by atoms with E-state index in [2.05, 4.69) is 26.2 Å². The Labute approximate surface area is 118 Å². The van der Waals surface area contributed by atoms with Gasteiger partial charge in [-0.25, -0.2) is 0 Å². The van der Waals surface area contributed by atoms with Gasteiger partial charge in [0.2, 0.25) is 0 Å². The molecular formula is C16H26O2Si. The van der Waals surface area contributed by atoms with Crippen molar-refractivity contribution in [3.8, 4) is 0 Å². The Morgan fingerprint density at radius 2 is 1.89 bits per heavy atom. The molecule has 0 heterocycles. The third kappa shape index (κ3) is 6.19. The van der Waals surface area contributed by atoms with Crippen LogP contribution in [0.2, 0.25) is 25.2 Å². The van der Waals surface area contributed by atoms with Gasteiger partial charge in [0.15, 0.2) is 0 Å². The summed E-state index contributed by atoms with van der Waals surface area (Å²) in [5.74, 6) is 0. The standard InChI is InChI=1S/C16H26O2Si/c1-5-16(19(2,3)4)11-15(17)13-18-12-14-9-7-6-8-10-14/h5-10,15-17H,1,11-13H2,2-4H3. The second kappa shape index (κ2) is 7.63. The molecule has 1 aromatic carbocycles. The largest absolute Gasteiger partial charge is 0.391 e. The molecule has 2 unspecified atom stereocenters. The van der Waals surface area contributed by atoms with Crippen molar-refractivity contribution in [1.29, 1.82) is 0 Å². The molecule has 2 nitrogen and oxygen atoms in total. The number of hydrogen-bond donors (Lipinski definition) is 1. The van der Waals surface area contributed by atoms with Gasteiger partial charge in [-0.2, -0.15) is 0 Å². The molecule has 0 aliphatic rings. The van der Waals surface area contributed by atoms with Crippen molar-refractivity contribution in [2.75, 3.05) is 6.61 Å². The minimum Gasteiger partial charge on any atom is -0.391 e. The molecule has 106 valence electrons. The fourth-order valence-electron chi connectivity index (χ4n) is 2.05. The zero-order valence-electron chi connectivity index (χ0n) is 12.3. The quantitative estimate of drug-likeness (QED) is 0.578. The number of benzene rings is 1. The van der Waals surface area contributed by atoms with E-state index in [0.717, 1.165) is 12.0 Å². The van der Waals surface area contributed by atoms with E-state index >= 15 is 0 Å². The first-order valence-corrected chi connectivity index (χ1v) is 10.4. The van der Waals surface area contributed by atoms with Gasteiger partial charge < -0.3 is 9.84 Å². The van der Waals surface area contributed by atoms with Crippen LogP contribution in [0.5, 0.6) is 0 Å². The Morgan fingerprint density at radius 3 is 2.42 bits per heavy atom. The molecule has 0 saturated carbocycles. The number of aliphatic hydroxyl groups excluding tert-OH is 1. The SMILES string of the molecule is C=CC(CC(O)COCc1ccccc1)[Si](C)(C)C. The summed E-state index contributed by atoms with van der Waals surface area (Å²) in [5.41, 5.74) is 1.57. The second-order valence-electron chi connectivity index (χ2n) is 6.10. The molecule has 1 rings (SSSR count). The molecule has 0 amide bonds. The summed E-state index contributed by atoms with van der Waals surface area (Å²) in [6.07, 6.45) is 2.35. The topological polar surface area (TPSA) is 29.5 Å². The first-order chi connectivity index (χ1) is 8.93. The molecule has 0 spiro atoms. The van der Waals surface area contributed by atoms with E-state index in [9.17, 15) is 5.11 Å². The van der Waals surface area contributed by atoms with Gasteiger partial charge in [0.1, 0.15) is 0 Å². The molecule has 0 fully saturated rings. The fourth-order valence-corrected chi connectivity index (χ4v) is 3.74. The number of hydrogen-bond acceptors (Lipinski definition) is 2.